The van der Waals surface area contributed by atoms with Gasteiger partial charge in [-0.25, -0.2) is 14.2 Å². The van der Waals surface area contributed by atoms with Crippen molar-refractivity contribution in [3.63, 3.8) is 0 Å². The maximum Gasteiger partial charge on any atom is 0.340 e. The molecule has 0 saturated carbocycles. The molecule has 2 aromatic heterocycles. The Balaban J connectivity index is 1.81. The van der Waals surface area contributed by atoms with Crippen LogP contribution in [0.2, 0.25) is 0 Å². The number of pyridine rings is 1. The van der Waals surface area contributed by atoms with Crippen LogP contribution in [-0.4, -0.2) is 58.6 Å². The topological polar surface area (TPSA) is 122 Å². The number of likely N-dealkylation sites (tertiary alicyclic amines) is 1. The van der Waals surface area contributed by atoms with Gasteiger partial charge in [0.1, 0.15) is 17.1 Å². The quantitative estimate of drug-likeness (QED) is 0.506. The van der Waals surface area contributed by atoms with E-state index in [2.05, 4.69) is 9.97 Å². The van der Waals surface area contributed by atoms with E-state index < -0.39 is 29.2 Å². The van der Waals surface area contributed by atoms with Gasteiger partial charge in [-0.15, -0.1) is 0 Å². The summed E-state index contributed by atoms with van der Waals surface area (Å²) in [6.07, 6.45) is 3.10. The monoisotopic (exact) mass is 468 g/mol. The second kappa shape index (κ2) is 8.81. The number of H-pyrrole nitrogens is 1. The highest BCUT2D eigenvalue weighted by Crippen LogP contribution is 2.45. The summed E-state index contributed by atoms with van der Waals surface area (Å²) in [5.41, 5.74) is 6.82. The third-order valence-corrected chi connectivity index (χ3v) is 7.00. The van der Waals surface area contributed by atoms with Gasteiger partial charge in [-0.2, -0.15) is 0 Å². The summed E-state index contributed by atoms with van der Waals surface area (Å²) in [5.74, 6) is -2.08. The van der Waals surface area contributed by atoms with E-state index in [0.29, 0.717) is 33.3 Å². The average Bonchev–Trinajstić information content (AvgIpc) is 3.25. The molecule has 1 saturated heterocycles. The zero-order chi connectivity index (χ0) is 24.8. The standard InChI is InChI=1S/C25H29FN4O4/c1-13-7-16(17-5-6-28-23-21(17)18(10-29-23)24(32)34-4)8-19(26)22(13)25(33)14(2)11-30(12-15(25)3)20(31)9-27/h5-8,10,14-15,33H,9,11-12,27H2,1-4H3,(H,28,29)/t14-,15+,25?. The first-order valence-electron chi connectivity index (χ1n) is 11.2. The van der Waals surface area contributed by atoms with Crippen LogP contribution in [0, 0.1) is 24.6 Å². The molecule has 1 fully saturated rings. The van der Waals surface area contributed by atoms with Gasteiger partial charge >= 0.3 is 5.97 Å². The molecule has 3 atom stereocenters. The molecule has 1 aromatic carbocycles. The molecule has 4 N–H and O–H groups in total. The van der Waals surface area contributed by atoms with E-state index in [0.717, 1.165) is 0 Å². The molecule has 1 amide bonds. The normalized spacial score (nSPS) is 22.7. The van der Waals surface area contributed by atoms with Crippen LogP contribution in [0.1, 0.15) is 35.3 Å². The number of halogens is 1. The summed E-state index contributed by atoms with van der Waals surface area (Å²) in [4.78, 5) is 33.2. The summed E-state index contributed by atoms with van der Waals surface area (Å²) in [6, 6.07) is 4.89. The van der Waals surface area contributed by atoms with Crippen LogP contribution < -0.4 is 5.73 Å². The number of nitrogens with one attached hydrogen (secondary N) is 1. The van der Waals surface area contributed by atoms with Crippen LogP contribution in [0.25, 0.3) is 22.2 Å². The molecule has 3 heterocycles. The lowest BCUT2D eigenvalue weighted by Crippen LogP contribution is -2.57. The van der Waals surface area contributed by atoms with Gasteiger partial charge in [0.15, 0.2) is 0 Å². The highest BCUT2D eigenvalue weighted by Gasteiger charge is 2.48. The molecule has 4 rings (SSSR count). The van der Waals surface area contributed by atoms with Gasteiger partial charge in [0.2, 0.25) is 5.91 Å². The van der Waals surface area contributed by atoms with Crippen LogP contribution in [0.4, 0.5) is 4.39 Å². The molecule has 180 valence electrons. The SMILES string of the molecule is COC(=O)c1c[nH]c2nccc(-c3cc(C)c(C4(O)[C@H](C)CN(C(=O)CN)C[C@@H]4C)c(F)c3)c12. The van der Waals surface area contributed by atoms with Crippen molar-refractivity contribution in [2.45, 2.75) is 26.4 Å². The number of ether oxygens (including phenoxy) is 1. The molecular weight excluding hydrogens is 439 g/mol. The van der Waals surface area contributed by atoms with Crippen LogP contribution in [0.15, 0.2) is 30.6 Å². The van der Waals surface area contributed by atoms with Gasteiger partial charge in [0, 0.05) is 48.3 Å². The smallest absolute Gasteiger partial charge is 0.340 e. The first-order valence-corrected chi connectivity index (χ1v) is 11.2. The maximum absolute atomic E-state index is 15.8. The lowest BCUT2D eigenvalue weighted by molar-refractivity contribution is -0.148. The van der Waals surface area contributed by atoms with Crippen LogP contribution in [0.3, 0.4) is 0 Å². The predicted molar refractivity (Wildman–Crippen MR) is 125 cm³/mol. The third kappa shape index (κ3) is 3.65. The third-order valence-electron chi connectivity index (χ3n) is 7.00. The number of nitrogens with zero attached hydrogens (tertiary/aromatic N) is 2. The van der Waals surface area contributed by atoms with Crippen LogP contribution in [-0.2, 0) is 15.1 Å². The van der Waals surface area contributed by atoms with Crippen molar-refractivity contribution >= 4 is 22.9 Å². The van der Waals surface area contributed by atoms with Gasteiger partial charge in [0.25, 0.3) is 0 Å². The molecule has 0 aliphatic carbocycles. The number of nitrogens with two attached hydrogens (primary N) is 1. The Bertz CT molecular complexity index is 1240. The number of aromatic nitrogens is 2. The molecule has 9 heteroatoms. The number of amides is 1. The predicted octanol–water partition coefficient (Wildman–Crippen LogP) is 2.72. The van der Waals surface area contributed by atoms with Crippen molar-refractivity contribution in [1.82, 2.24) is 14.9 Å². The minimum absolute atomic E-state index is 0.104. The number of benzene rings is 1. The number of esters is 1. The number of methoxy groups -OCH3 is 1. The molecule has 1 aliphatic rings. The Kier molecular flexibility index (Phi) is 6.18. The molecule has 8 nitrogen and oxygen atoms in total. The lowest BCUT2D eigenvalue weighted by Gasteiger charge is -2.48. The Hall–Kier alpha value is -3.30. The van der Waals surface area contributed by atoms with E-state index in [1.807, 2.05) is 13.8 Å². The van der Waals surface area contributed by atoms with E-state index in [-0.39, 0.29) is 31.1 Å². The Morgan fingerprint density at radius 3 is 2.59 bits per heavy atom. The molecular formula is C25H29FN4O4. The summed E-state index contributed by atoms with van der Waals surface area (Å²) in [5, 5.41) is 12.3. The average molecular weight is 469 g/mol. The van der Waals surface area contributed by atoms with Gasteiger partial charge in [-0.05, 0) is 35.7 Å². The molecule has 0 radical (unpaired) electrons. The zero-order valence-electron chi connectivity index (χ0n) is 19.7. The Morgan fingerprint density at radius 1 is 1.32 bits per heavy atom. The fourth-order valence-electron chi connectivity index (χ4n) is 5.30. The fourth-order valence-corrected chi connectivity index (χ4v) is 5.30. The molecule has 0 bridgehead atoms. The second-order valence-electron chi connectivity index (χ2n) is 9.06. The number of hydrogen-bond acceptors (Lipinski definition) is 6. The summed E-state index contributed by atoms with van der Waals surface area (Å²) in [6.45, 7) is 5.85. The van der Waals surface area contributed by atoms with Crippen molar-refractivity contribution < 1.29 is 23.8 Å². The fraction of sp³-hybridized carbons (Fsp3) is 0.400. The summed E-state index contributed by atoms with van der Waals surface area (Å²) < 4.78 is 20.7. The molecule has 1 aliphatic heterocycles. The Morgan fingerprint density at radius 2 is 2.00 bits per heavy atom. The highest BCUT2D eigenvalue weighted by atomic mass is 19.1. The minimum Gasteiger partial charge on any atom is -0.465 e. The number of carbonyl (C=O) groups is 2. The molecule has 34 heavy (non-hydrogen) atoms. The lowest BCUT2D eigenvalue weighted by atomic mass is 9.69. The number of aromatic amines is 1. The van der Waals surface area contributed by atoms with Crippen LogP contribution >= 0.6 is 0 Å². The van der Waals surface area contributed by atoms with Crippen molar-refractivity contribution in [3.8, 4) is 11.1 Å². The maximum atomic E-state index is 15.8. The minimum atomic E-state index is -1.46. The van der Waals surface area contributed by atoms with Crippen molar-refractivity contribution in [3.05, 3.63) is 53.1 Å². The Labute approximate surface area is 196 Å². The largest absolute Gasteiger partial charge is 0.465 e. The molecule has 1 unspecified atom stereocenters. The van der Waals surface area contributed by atoms with Crippen molar-refractivity contribution in [1.29, 1.82) is 0 Å². The van der Waals surface area contributed by atoms with Crippen LogP contribution in [0.5, 0.6) is 0 Å². The molecule has 0 spiro atoms. The van der Waals surface area contributed by atoms with Crippen molar-refractivity contribution in [2.75, 3.05) is 26.7 Å². The zero-order valence-corrected chi connectivity index (χ0v) is 19.7. The number of aryl methyl sites for hydroxylation is 1. The summed E-state index contributed by atoms with van der Waals surface area (Å²) in [7, 11) is 1.30. The van der Waals surface area contributed by atoms with Gasteiger partial charge < -0.3 is 25.5 Å². The number of hydrogen-bond donors (Lipinski definition) is 3. The van der Waals surface area contributed by atoms with E-state index in [1.165, 1.54) is 19.4 Å². The van der Waals surface area contributed by atoms with Gasteiger partial charge in [-0.1, -0.05) is 19.9 Å². The van der Waals surface area contributed by atoms with E-state index in [9.17, 15) is 14.7 Å². The number of piperidine rings is 1. The second-order valence-corrected chi connectivity index (χ2v) is 9.06. The first kappa shape index (κ1) is 23.8. The first-order chi connectivity index (χ1) is 16.1. The van der Waals surface area contributed by atoms with E-state index in [4.69, 9.17) is 10.5 Å². The number of aliphatic hydroxyl groups is 1. The van der Waals surface area contributed by atoms with Gasteiger partial charge in [0.05, 0.1) is 19.2 Å². The molecule has 3 aromatic rings. The van der Waals surface area contributed by atoms with E-state index in [1.54, 1.807) is 30.2 Å². The summed E-state index contributed by atoms with van der Waals surface area (Å²) >= 11 is 0. The van der Waals surface area contributed by atoms with E-state index >= 15 is 4.39 Å². The highest BCUT2D eigenvalue weighted by molar-refractivity contribution is 6.09. The number of fused-ring (bicyclic) bond motifs is 1. The van der Waals surface area contributed by atoms with Gasteiger partial charge in [-0.3, -0.25) is 4.79 Å². The van der Waals surface area contributed by atoms with Crippen molar-refractivity contribution in [2.24, 2.45) is 17.6 Å². The number of rotatable bonds is 4. The number of carbonyl (C=O) groups excluding carboxylic acids is 2.